The van der Waals surface area contributed by atoms with Crippen LogP contribution in [0.15, 0.2) is 91.0 Å². The van der Waals surface area contributed by atoms with E-state index in [-0.39, 0.29) is 0 Å². The molecule has 3 aromatic rings. The molecule has 0 saturated carbocycles. The van der Waals surface area contributed by atoms with Crippen molar-refractivity contribution in [2.24, 2.45) is 0 Å². The summed E-state index contributed by atoms with van der Waals surface area (Å²) < 4.78 is 42.2. The molecule has 0 spiro atoms. The summed E-state index contributed by atoms with van der Waals surface area (Å²) in [5.41, 5.74) is 0. The first-order valence-electron chi connectivity index (χ1n) is 7.13. The monoisotopic (exact) mass is 410 g/mol. The maximum atomic E-state index is 11.6. The summed E-state index contributed by atoms with van der Waals surface area (Å²) in [4.78, 5) is 0. The Morgan fingerprint density at radius 1 is 0.542 bits per heavy atom. The molecule has 6 heteroatoms. The van der Waals surface area contributed by atoms with E-state index in [0.29, 0.717) is 13.4 Å². The molecular formula is C18H15ClO4Se. The van der Waals surface area contributed by atoms with Crippen molar-refractivity contribution in [1.29, 1.82) is 0 Å². The van der Waals surface area contributed by atoms with Crippen LogP contribution < -0.4 is 27.4 Å². The van der Waals surface area contributed by atoms with Gasteiger partial charge in [-0.15, -0.1) is 0 Å². The molecule has 0 aliphatic heterocycles. The van der Waals surface area contributed by atoms with Gasteiger partial charge in [0.2, 0.25) is 0 Å². The fourth-order valence-electron chi connectivity index (χ4n) is 2.47. The summed E-state index contributed by atoms with van der Waals surface area (Å²) in [5.74, 6) is 0. The van der Waals surface area contributed by atoms with E-state index in [4.69, 9.17) is 3.37 Å². The van der Waals surface area contributed by atoms with E-state index in [9.17, 15) is 14.0 Å². The molecule has 0 heterocycles. The molecule has 0 unspecified atom stereocenters. The van der Waals surface area contributed by atoms with Gasteiger partial charge in [-0.25, -0.2) is 0 Å². The van der Waals surface area contributed by atoms with Gasteiger partial charge in [0.05, 0.1) is 0 Å². The molecule has 0 aromatic heterocycles. The quantitative estimate of drug-likeness (QED) is 0.484. The first-order chi connectivity index (χ1) is 11.5. The Labute approximate surface area is 145 Å². The second kappa shape index (κ2) is 7.05. The van der Waals surface area contributed by atoms with Gasteiger partial charge in [-0.1, -0.05) is 0 Å². The molecule has 4 nitrogen and oxygen atoms in total. The van der Waals surface area contributed by atoms with Crippen LogP contribution >= 0.6 is 0 Å². The third kappa shape index (κ3) is 3.53. The number of halogens is 1. The fourth-order valence-corrected chi connectivity index (χ4v) is 10.9. The molecule has 3 rings (SSSR count). The van der Waals surface area contributed by atoms with E-state index < -0.39 is 23.4 Å². The van der Waals surface area contributed by atoms with E-state index in [2.05, 4.69) is 0 Å². The van der Waals surface area contributed by atoms with E-state index >= 15 is 0 Å². The van der Waals surface area contributed by atoms with E-state index in [0.717, 1.165) is 0 Å². The van der Waals surface area contributed by atoms with Crippen molar-refractivity contribution in [2.45, 2.75) is 0 Å². The molecule has 0 bridgehead atoms. The van der Waals surface area contributed by atoms with Crippen LogP contribution in [0.3, 0.4) is 0 Å². The summed E-state index contributed by atoms with van der Waals surface area (Å²) in [5, 5.41) is 0. The van der Waals surface area contributed by atoms with Crippen LogP contribution in [0.1, 0.15) is 0 Å². The molecule has 3 aromatic carbocycles. The molecule has 0 aliphatic carbocycles. The molecule has 0 radical (unpaired) electrons. The molecule has 0 fully saturated rings. The molecule has 0 N–H and O–H groups in total. The zero-order chi connectivity index (χ0) is 17.0. The Hall–Kier alpha value is -1.69. The van der Waals surface area contributed by atoms with E-state index in [1.165, 1.54) is 0 Å². The topological polar surface area (TPSA) is 78.4 Å². The van der Waals surface area contributed by atoms with Crippen molar-refractivity contribution in [3.8, 4) is 0 Å². The molecule has 24 heavy (non-hydrogen) atoms. The Bertz CT molecular complexity index is 680. The molecule has 0 saturated heterocycles. The standard InChI is InChI=1S/C18H15ClO4Se/c20-19(21,22)23-24(16-10-4-1-5-11-16,17-12-6-2-7-13-17)18-14-8-3-9-15-18/h1-15H. The molecule has 0 amide bonds. The minimum absolute atomic E-state index is 0.707. The van der Waals surface area contributed by atoms with Crippen LogP contribution in [0, 0.1) is 10.2 Å². The molecule has 124 valence electrons. The fraction of sp³-hybridized carbons (Fsp3) is 0. The van der Waals surface area contributed by atoms with E-state index in [1.54, 1.807) is 36.4 Å². The van der Waals surface area contributed by atoms with E-state index in [1.807, 2.05) is 54.6 Å². The summed E-state index contributed by atoms with van der Waals surface area (Å²) in [6, 6.07) is 27.2. The first kappa shape index (κ1) is 17.1. The number of hydrogen-bond acceptors (Lipinski definition) is 4. The third-order valence-corrected chi connectivity index (χ3v) is 11.8. The Kier molecular flexibility index (Phi) is 5.04. The average molecular weight is 410 g/mol. The minimum atomic E-state index is -4.60. The Balaban J connectivity index is 2.33. The van der Waals surface area contributed by atoms with Gasteiger partial charge in [0.15, 0.2) is 0 Å². The van der Waals surface area contributed by atoms with Gasteiger partial charge in [0, 0.05) is 0 Å². The third-order valence-electron chi connectivity index (χ3n) is 3.40. The van der Waals surface area contributed by atoms with Crippen LogP contribution in [0.5, 0.6) is 0 Å². The van der Waals surface area contributed by atoms with Crippen molar-refractivity contribution in [3.05, 3.63) is 91.0 Å². The van der Waals surface area contributed by atoms with Crippen LogP contribution in [0.4, 0.5) is 0 Å². The van der Waals surface area contributed by atoms with Crippen molar-refractivity contribution < 1.29 is 27.6 Å². The molecule has 0 atom stereocenters. The van der Waals surface area contributed by atoms with Gasteiger partial charge in [0.25, 0.3) is 0 Å². The first-order valence-corrected chi connectivity index (χ1v) is 11.6. The van der Waals surface area contributed by atoms with Crippen LogP contribution in [-0.2, 0) is 3.37 Å². The Morgan fingerprint density at radius 3 is 1.08 bits per heavy atom. The Morgan fingerprint density at radius 2 is 0.833 bits per heavy atom. The normalized spacial score (nSPS) is 12.8. The summed E-state index contributed by atoms with van der Waals surface area (Å²) in [7, 11) is -4.60. The van der Waals surface area contributed by atoms with Crippen molar-refractivity contribution >= 4 is 26.6 Å². The number of benzene rings is 3. The predicted octanol–water partition coefficient (Wildman–Crippen LogP) is -1.43. The summed E-state index contributed by atoms with van der Waals surface area (Å²) >= 11 is -3.71. The second-order valence-corrected chi connectivity index (χ2v) is 11.9. The van der Waals surface area contributed by atoms with Gasteiger partial charge < -0.3 is 0 Å². The van der Waals surface area contributed by atoms with Gasteiger partial charge in [-0.3, -0.25) is 0 Å². The van der Waals surface area contributed by atoms with Gasteiger partial charge in [0.1, 0.15) is 0 Å². The van der Waals surface area contributed by atoms with Gasteiger partial charge in [-0.05, 0) is 0 Å². The van der Waals surface area contributed by atoms with Crippen molar-refractivity contribution in [2.75, 3.05) is 0 Å². The predicted molar refractivity (Wildman–Crippen MR) is 85.1 cm³/mol. The summed E-state index contributed by atoms with van der Waals surface area (Å²) in [6.45, 7) is 0. The zero-order valence-electron chi connectivity index (χ0n) is 12.6. The molecule has 0 aliphatic rings. The zero-order valence-corrected chi connectivity index (χ0v) is 15.0. The van der Waals surface area contributed by atoms with Crippen LogP contribution in [0.2, 0.25) is 0 Å². The van der Waals surface area contributed by atoms with Crippen LogP contribution in [0.25, 0.3) is 0 Å². The van der Waals surface area contributed by atoms with Gasteiger partial charge >= 0.3 is 145 Å². The molecular weight excluding hydrogens is 395 g/mol. The second-order valence-electron chi connectivity index (χ2n) is 4.94. The maximum absolute atomic E-state index is 11.6. The SMILES string of the molecule is [O-][Cl+3]([O-])([O-])O[Se](c1ccccc1)(c1ccccc1)c1ccccc1. The summed E-state index contributed by atoms with van der Waals surface area (Å²) in [6.07, 6.45) is 0. The van der Waals surface area contributed by atoms with Crippen LogP contribution in [-0.4, -0.2) is 13.2 Å². The van der Waals surface area contributed by atoms with Crippen molar-refractivity contribution in [1.82, 2.24) is 0 Å². The number of hydrogen-bond donors (Lipinski definition) is 0. The van der Waals surface area contributed by atoms with Gasteiger partial charge in [-0.2, -0.15) is 0 Å². The average Bonchev–Trinajstić information content (AvgIpc) is 2.61. The van der Waals surface area contributed by atoms with Crippen molar-refractivity contribution in [3.63, 3.8) is 0 Å². The number of rotatable bonds is 5.